The molecule has 32 heavy (non-hydrogen) atoms. The van der Waals surface area contributed by atoms with Gasteiger partial charge in [-0.1, -0.05) is 92.9 Å². The van der Waals surface area contributed by atoms with Crippen molar-refractivity contribution in [2.24, 2.45) is 0 Å². The van der Waals surface area contributed by atoms with Crippen LogP contribution in [-0.2, 0) is 4.79 Å². The number of anilines is 1. The van der Waals surface area contributed by atoms with Gasteiger partial charge in [0.25, 0.3) is 0 Å². The second-order valence-corrected chi connectivity index (χ2v) is 8.04. The molecule has 0 fully saturated rings. The molecular weight excluding hydrogens is 416 g/mol. The third-order valence-corrected chi connectivity index (χ3v) is 5.33. The van der Waals surface area contributed by atoms with E-state index in [1.807, 2.05) is 84.9 Å². The van der Waals surface area contributed by atoms with Gasteiger partial charge in [-0.25, -0.2) is 0 Å². The van der Waals surface area contributed by atoms with Crippen LogP contribution in [0.2, 0.25) is 0 Å². The van der Waals surface area contributed by atoms with E-state index in [4.69, 9.17) is 17.0 Å². The Kier molecular flexibility index (Phi) is 9.26. The summed E-state index contributed by atoms with van der Waals surface area (Å²) in [4.78, 5) is 13.2. The summed E-state index contributed by atoms with van der Waals surface area (Å²) in [5.74, 6) is 0.158. The summed E-state index contributed by atoms with van der Waals surface area (Å²) in [7, 11) is 0. The Morgan fingerprint density at radius 2 is 1.53 bits per heavy atom. The highest BCUT2D eigenvalue weighted by Gasteiger charge is 2.23. The molecule has 0 aliphatic heterocycles. The van der Waals surface area contributed by atoms with Crippen LogP contribution in [0.5, 0.6) is 5.75 Å². The van der Waals surface area contributed by atoms with Gasteiger partial charge in [-0.3, -0.25) is 4.79 Å². The minimum absolute atomic E-state index is 0.178. The molecule has 0 heterocycles. The fourth-order valence-corrected chi connectivity index (χ4v) is 3.73. The molecular formula is C27H30N2O2S. The molecule has 0 saturated heterocycles. The third kappa shape index (κ3) is 7.20. The Labute approximate surface area is 196 Å². The van der Waals surface area contributed by atoms with E-state index < -0.39 is 5.92 Å². The van der Waals surface area contributed by atoms with Crippen LogP contribution in [0.25, 0.3) is 0 Å². The van der Waals surface area contributed by atoms with Crippen molar-refractivity contribution in [1.82, 2.24) is 5.32 Å². The summed E-state index contributed by atoms with van der Waals surface area (Å²) in [5, 5.41) is 6.21. The maximum atomic E-state index is 13.2. The zero-order valence-electron chi connectivity index (χ0n) is 18.4. The topological polar surface area (TPSA) is 50.4 Å². The standard InChI is InChI=1S/C27H30N2O2S/c1-2-3-4-11-19-31-24-18-12-17-23(20-24)28-27(32)29-26(30)25(21-13-7-5-8-14-21)22-15-9-6-10-16-22/h5-10,12-18,20,25H,2-4,11,19H2,1H3,(H2,28,29,30,32). The highest BCUT2D eigenvalue weighted by Crippen LogP contribution is 2.25. The van der Waals surface area contributed by atoms with Gasteiger partial charge in [0.05, 0.1) is 12.5 Å². The summed E-state index contributed by atoms with van der Waals surface area (Å²) in [6, 6.07) is 27.0. The van der Waals surface area contributed by atoms with E-state index in [0.717, 1.165) is 29.0 Å². The minimum Gasteiger partial charge on any atom is -0.494 e. The van der Waals surface area contributed by atoms with Crippen LogP contribution in [0.1, 0.15) is 49.7 Å². The Balaban J connectivity index is 1.62. The van der Waals surface area contributed by atoms with Gasteiger partial charge in [0.2, 0.25) is 5.91 Å². The van der Waals surface area contributed by atoms with Crippen LogP contribution in [0.4, 0.5) is 5.69 Å². The smallest absolute Gasteiger partial charge is 0.238 e. The molecule has 0 unspecified atom stereocenters. The maximum Gasteiger partial charge on any atom is 0.238 e. The van der Waals surface area contributed by atoms with Gasteiger partial charge < -0.3 is 15.4 Å². The molecule has 2 N–H and O–H groups in total. The molecule has 0 radical (unpaired) electrons. The first-order valence-electron chi connectivity index (χ1n) is 11.1. The molecule has 4 nitrogen and oxygen atoms in total. The number of carbonyl (C=O) groups is 1. The van der Waals surface area contributed by atoms with Crippen LogP contribution < -0.4 is 15.4 Å². The molecule has 166 valence electrons. The average Bonchev–Trinajstić information content (AvgIpc) is 2.81. The lowest BCUT2D eigenvalue weighted by molar-refractivity contribution is -0.120. The van der Waals surface area contributed by atoms with E-state index in [9.17, 15) is 4.79 Å². The van der Waals surface area contributed by atoms with Crippen LogP contribution >= 0.6 is 12.2 Å². The number of benzene rings is 3. The Morgan fingerprint density at radius 3 is 2.16 bits per heavy atom. The molecule has 3 rings (SSSR count). The maximum absolute atomic E-state index is 13.2. The SMILES string of the molecule is CCCCCCOc1cccc(NC(=S)NC(=O)C(c2ccccc2)c2ccccc2)c1. The molecule has 3 aromatic carbocycles. The number of nitrogens with one attached hydrogen (secondary N) is 2. The number of amides is 1. The zero-order valence-corrected chi connectivity index (χ0v) is 19.2. The number of thiocarbonyl (C=S) groups is 1. The van der Waals surface area contributed by atoms with Crippen molar-refractivity contribution < 1.29 is 9.53 Å². The predicted octanol–water partition coefficient (Wildman–Crippen LogP) is 6.29. The lowest BCUT2D eigenvalue weighted by Gasteiger charge is -2.19. The molecule has 0 aliphatic rings. The van der Waals surface area contributed by atoms with Gasteiger partial charge in [-0.2, -0.15) is 0 Å². The molecule has 3 aromatic rings. The molecule has 0 saturated carbocycles. The quantitative estimate of drug-likeness (QED) is 0.284. The van der Waals surface area contributed by atoms with E-state index >= 15 is 0 Å². The Morgan fingerprint density at radius 1 is 0.875 bits per heavy atom. The van der Waals surface area contributed by atoms with Crippen molar-refractivity contribution >= 4 is 28.9 Å². The van der Waals surface area contributed by atoms with Crippen molar-refractivity contribution in [2.45, 2.75) is 38.5 Å². The van der Waals surface area contributed by atoms with E-state index in [0.29, 0.717) is 6.61 Å². The number of hydrogen-bond donors (Lipinski definition) is 2. The van der Waals surface area contributed by atoms with E-state index in [-0.39, 0.29) is 11.0 Å². The highest BCUT2D eigenvalue weighted by molar-refractivity contribution is 7.80. The summed E-state index contributed by atoms with van der Waals surface area (Å²) < 4.78 is 5.84. The number of ether oxygens (including phenoxy) is 1. The minimum atomic E-state index is -0.449. The van der Waals surface area contributed by atoms with Crippen LogP contribution in [0.15, 0.2) is 84.9 Å². The lowest BCUT2D eigenvalue weighted by Crippen LogP contribution is -2.37. The van der Waals surface area contributed by atoms with Crippen LogP contribution in [-0.4, -0.2) is 17.6 Å². The molecule has 0 atom stereocenters. The zero-order chi connectivity index (χ0) is 22.6. The normalized spacial score (nSPS) is 10.6. The lowest BCUT2D eigenvalue weighted by atomic mass is 9.90. The summed E-state index contributed by atoms with van der Waals surface area (Å²) in [6.45, 7) is 2.89. The van der Waals surface area contributed by atoms with Crippen LogP contribution in [0, 0.1) is 0 Å². The first-order chi connectivity index (χ1) is 15.7. The number of hydrogen-bond acceptors (Lipinski definition) is 3. The first-order valence-corrected chi connectivity index (χ1v) is 11.5. The van der Waals surface area contributed by atoms with Crippen molar-refractivity contribution in [3.8, 4) is 5.75 Å². The summed E-state index contributed by atoms with van der Waals surface area (Å²) in [6.07, 6.45) is 4.65. The van der Waals surface area contributed by atoms with Gasteiger partial charge >= 0.3 is 0 Å². The van der Waals surface area contributed by atoms with Gasteiger partial charge in [-0.15, -0.1) is 0 Å². The number of carbonyl (C=O) groups excluding carboxylic acids is 1. The van der Waals surface area contributed by atoms with Gasteiger partial charge in [0.15, 0.2) is 5.11 Å². The second kappa shape index (κ2) is 12.6. The molecule has 5 heteroatoms. The Bertz CT molecular complexity index is 953. The van der Waals surface area contributed by atoms with Crippen molar-refractivity contribution in [1.29, 1.82) is 0 Å². The molecule has 0 aromatic heterocycles. The monoisotopic (exact) mass is 446 g/mol. The largest absolute Gasteiger partial charge is 0.494 e. The van der Waals surface area contributed by atoms with Gasteiger partial charge in [-0.05, 0) is 41.9 Å². The van der Waals surface area contributed by atoms with Crippen molar-refractivity contribution in [3.63, 3.8) is 0 Å². The third-order valence-electron chi connectivity index (χ3n) is 5.12. The predicted molar refractivity (Wildman–Crippen MR) is 135 cm³/mol. The second-order valence-electron chi connectivity index (χ2n) is 7.63. The van der Waals surface area contributed by atoms with Crippen molar-refractivity contribution in [2.75, 3.05) is 11.9 Å². The van der Waals surface area contributed by atoms with Gasteiger partial charge in [0.1, 0.15) is 5.75 Å². The highest BCUT2D eigenvalue weighted by atomic mass is 32.1. The van der Waals surface area contributed by atoms with E-state index in [2.05, 4.69) is 17.6 Å². The van der Waals surface area contributed by atoms with Crippen molar-refractivity contribution in [3.05, 3.63) is 96.1 Å². The molecule has 0 bridgehead atoms. The first kappa shape index (κ1) is 23.5. The summed E-state index contributed by atoms with van der Waals surface area (Å²) >= 11 is 5.43. The number of unbranched alkanes of at least 4 members (excludes halogenated alkanes) is 3. The molecule has 0 aliphatic carbocycles. The van der Waals surface area contributed by atoms with E-state index in [1.54, 1.807) is 0 Å². The summed E-state index contributed by atoms with van der Waals surface area (Å²) in [5.41, 5.74) is 2.60. The van der Waals surface area contributed by atoms with Crippen LogP contribution in [0.3, 0.4) is 0 Å². The number of rotatable bonds is 10. The average molecular weight is 447 g/mol. The molecule has 0 spiro atoms. The van der Waals surface area contributed by atoms with Gasteiger partial charge in [0, 0.05) is 11.8 Å². The van der Waals surface area contributed by atoms with E-state index in [1.165, 1.54) is 19.3 Å². The Hall–Kier alpha value is -3.18. The fraction of sp³-hybridized carbons (Fsp3) is 0.259. The fourth-order valence-electron chi connectivity index (χ4n) is 3.52. The molecule has 1 amide bonds.